The molecule has 0 aromatic carbocycles. The minimum atomic E-state index is 0.377. The zero-order valence-corrected chi connectivity index (χ0v) is 6.95. The van der Waals surface area contributed by atoms with Crippen LogP contribution in [0.25, 0.3) is 0 Å². The molecule has 0 aliphatic heterocycles. The van der Waals surface area contributed by atoms with Gasteiger partial charge < -0.3 is 0 Å². The molecule has 0 bridgehead atoms. The highest BCUT2D eigenvalue weighted by atomic mass is 35.5. The van der Waals surface area contributed by atoms with Crippen molar-refractivity contribution in [1.29, 1.82) is 0 Å². The Kier molecular flexibility index (Phi) is 6.62. The quantitative estimate of drug-likeness (QED) is 0.523. The third-order valence-corrected chi connectivity index (χ3v) is 1.82. The van der Waals surface area contributed by atoms with Crippen molar-refractivity contribution < 1.29 is 0 Å². The lowest BCUT2D eigenvalue weighted by atomic mass is 10.1. The van der Waals surface area contributed by atoms with E-state index in [1.165, 1.54) is 12.8 Å². The molecule has 9 heavy (non-hydrogen) atoms. The Morgan fingerprint density at radius 1 is 1.44 bits per heavy atom. The van der Waals surface area contributed by atoms with Gasteiger partial charge in [0, 0.05) is 5.38 Å². The summed E-state index contributed by atoms with van der Waals surface area (Å²) in [5, 5.41) is 0.377. The fraction of sp³-hybridized carbons (Fsp3) is 0.875. The first-order valence-corrected chi connectivity index (χ1v) is 4.18. The van der Waals surface area contributed by atoms with Crippen LogP contribution < -0.4 is 0 Å². The van der Waals surface area contributed by atoms with Crippen molar-refractivity contribution in [2.24, 2.45) is 0 Å². The van der Waals surface area contributed by atoms with Gasteiger partial charge in [0.25, 0.3) is 0 Å². The maximum absolute atomic E-state index is 5.92. The Morgan fingerprint density at radius 2 is 2.11 bits per heavy atom. The van der Waals surface area contributed by atoms with Crippen LogP contribution in [0.4, 0.5) is 0 Å². The number of alkyl halides is 1. The summed E-state index contributed by atoms with van der Waals surface area (Å²) in [5.74, 6) is 0. The molecule has 0 aromatic rings. The Morgan fingerprint density at radius 3 is 2.56 bits per heavy atom. The van der Waals surface area contributed by atoms with E-state index in [-0.39, 0.29) is 0 Å². The van der Waals surface area contributed by atoms with Crippen LogP contribution in [-0.2, 0) is 0 Å². The second kappa shape index (κ2) is 6.41. The van der Waals surface area contributed by atoms with E-state index in [0.29, 0.717) is 5.38 Å². The van der Waals surface area contributed by atoms with Gasteiger partial charge in [0.15, 0.2) is 0 Å². The van der Waals surface area contributed by atoms with Crippen LogP contribution in [0.3, 0.4) is 0 Å². The molecule has 0 amide bonds. The second-order valence-corrected chi connectivity index (χ2v) is 3.00. The molecule has 0 saturated heterocycles. The van der Waals surface area contributed by atoms with Crippen molar-refractivity contribution in [3.63, 3.8) is 0 Å². The van der Waals surface area contributed by atoms with Crippen LogP contribution in [0.1, 0.15) is 39.0 Å². The monoisotopic (exact) mass is 147 g/mol. The van der Waals surface area contributed by atoms with Crippen LogP contribution in [0.15, 0.2) is 0 Å². The highest BCUT2D eigenvalue weighted by Gasteiger charge is 1.99. The third kappa shape index (κ3) is 6.17. The Balaban J connectivity index is 2.95. The first kappa shape index (κ1) is 9.29. The van der Waals surface area contributed by atoms with Gasteiger partial charge in [-0.05, 0) is 12.8 Å². The summed E-state index contributed by atoms with van der Waals surface area (Å²) in [6, 6.07) is 0. The molecule has 0 nitrogen and oxygen atoms in total. The lowest BCUT2D eigenvalue weighted by Gasteiger charge is -2.04. The molecule has 0 aliphatic carbocycles. The average molecular weight is 148 g/mol. The topological polar surface area (TPSA) is 0 Å². The van der Waals surface area contributed by atoms with Crippen molar-refractivity contribution in [1.82, 2.24) is 0 Å². The number of halogens is 1. The predicted octanol–water partition coefficient (Wildman–Crippen LogP) is 3.40. The average Bonchev–Trinajstić information content (AvgIpc) is 1.85. The van der Waals surface area contributed by atoms with Gasteiger partial charge in [0.2, 0.25) is 0 Å². The molecule has 1 atom stereocenters. The molecule has 0 aromatic heterocycles. The van der Waals surface area contributed by atoms with E-state index in [1.54, 1.807) is 0 Å². The van der Waals surface area contributed by atoms with Crippen LogP contribution in [-0.4, -0.2) is 5.38 Å². The van der Waals surface area contributed by atoms with Crippen molar-refractivity contribution in [3.8, 4) is 0 Å². The molecule has 0 N–H and O–H groups in total. The number of unbranched alkanes of at least 4 members (excludes halogenated alkanes) is 1. The minimum Gasteiger partial charge on any atom is -0.123 e. The first-order valence-electron chi connectivity index (χ1n) is 3.74. The van der Waals surface area contributed by atoms with Crippen LogP contribution in [0, 0.1) is 6.92 Å². The number of rotatable bonds is 5. The molecule has 0 spiro atoms. The van der Waals surface area contributed by atoms with Gasteiger partial charge in [-0.1, -0.05) is 33.1 Å². The zero-order valence-electron chi connectivity index (χ0n) is 6.20. The fourth-order valence-corrected chi connectivity index (χ4v) is 1.10. The molecular formula is C8H16Cl. The molecule has 1 unspecified atom stereocenters. The van der Waals surface area contributed by atoms with Gasteiger partial charge in [0.05, 0.1) is 0 Å². The van der Waals surface area contributed by atoms with E-state index in [1.807, 2.05) is 0 Å². The molecule has 0 rings (SSSR count). The summed E-state index contributed by atoms with van der Waals surface area (Å²) in [6.07, 6.45) is 5.71. The Labute approximate surface area is 63.6 Å². The summed E-state index contributed by atoms with van der Waals surface area (Å²) in [4.78, 5) is 0. The summed E-state index contributed by atoms with van der Waals surface area (Å²) in [5.41, 5.74) is 0. The summed E-state index contributed by atoms with van der Waals surface area (Å²) in [6.45, 7) is 5.94. The van der Waals surface area contributed by atoms with Gasteiger partial charge in [-0.15, -0.1) is 11.6 Å². The highest BCUT2D eigenvalue weighted by molar-refractivity contribution is 6.20. The summed E-state index contributed by atoms with van der Waals surface area (Å²) >= 11 is 5.92. The van der Waals surface area contributed by atoms with Gasteiger partial charge in [0.1, 0.15) is 0 Å². The Hall–Kier alpha value is 0.290. The molecule has 1 heteroatoms. The first-order chi connectivity index (χ1) is 4.31. The zero-order chi connectivity index (χ0) is 7.11. The largest absolute Gasteiger partial charge is 0.123 e. The van der Waals surface area contributed by atoms with E-state index in [4.69, 9.17) is 11.6 Å². The predicted molar refractivity (Wildman–Crippen MR) is 43.8 cm³/mol. The SMILES string of the molecule is [CH2]CCC(Cl)CCCC. The third-order valence-electron chi connectivity index (χ3n) is 1.39. The smallest absolute Gasteiger partial charge is 0.0336 e. The summed E-state index contributed by atoms with van der Waals surface area (Å²) < 4.78 is 0. The standard InChI is InChI=1S/C8H16Cl/c1-3-5-7-8(9)6-4-2/h8H,2-7H2,1H3. The highest BCUT2D eigenvalue weighted by Crippen LogP contribution is 2.12. The fourth-order valence-electron chi connectivity index (χ4n) is 0.791. The van der Waals surface area contributed by atoms with E-state index in [2.05, 4.69) is 13.8 Å². The second-order valence-electron chi connectivity index (χ2n) is 2.38. The number of hydrogen-bond acceptors (Lipinski definition) is 0. The molecular weight excluding hydrogens is 132 g/mol. The van der Waals surface area contributed by atoms with Crippen molar-refractivity contribution in [2.45, 2.75) is 44.4 Å². The molecule has 0 aliphatic rings. The van der Waals surface area contributed by atoms with Gasteiger partial charge in [-0.3, -0.25) is 0 Å². The van der Waals surface area contributed by atoms with Crippen LogP contribution in [0.2, 0.25) is 0 Å². The molecule has 0 heterocycles. The van der Waals surface area contributed by atoms with Crippen molar-refractivity contribution >= 4 is 11.6 Å². The molecule has 0 saturated carbocycles. The molecule has 1 radical (unpaired) electrons. The Bertz CT molecular complexity index is 52.5. The molecule has 0 fully saturated rings. The number of hydrogen-bond donors (Lipinski definition) is 0. The molecule has 55 valence electrons. The van der Waals surface area contributed by atoms with Crippen LogP contribution >= 0.6 is 11.6 Å². The van der Waals surface area contributed by atoms with E-state index in [9.17, 15) is 0 Å². The van der Waals surface area contributed by atoms with Gasteiger partial charge in [-0.2, -0.15) is 0 Å². The minimum absolute atomic E-state index is 0.377. The normalized spacial score (nSPS) is 13.7. The summed E-state index contributed by atoms with van der Waals surface area (Å²) in [7, 11) is 0. The van der Waals surface area contributed by atoms with E-state index < -0.39 is 0 Å². The maximum Gasteiger partial charge on any atom is 0.0336 e. The van der Waals surface area contributed by atoms with Crippen LogP contribution in [0.5, 0.6) is 0 Å². The van der Waals surface area contributed by atoms with E-state index >= 15 is 0 Å². The van der Waals surface area contributed by atoms with Gasteiger partial charge in [-0.25, -0.2) is 0 Å². The maximum atomic E-state index is 5.92. The lowest BCUT2D eigenvalue weighted by molar-refractivity contribution is 0.644. The van der Waals surface area contributed by atoms with Crippen molar-refractivity contribution in [2.75, 3.05) is 0 Å². The lowest BCUT2D eigenvalue weighted by Crippen LogP contribution is -1.96. The van der Waals surface area contributed by atoms with Gasteiger partial charge >= 0.3 is 0 Å². The van der Waals surface area contributed by atoms with Crippen molar-refractivity contribution in [3.05, 3.63) is 6.92 Å². The van der Waals surface area contributed by atoms with E-state index in [0.717, 1.165) is 19.3 Å².